The third-order valence-corrected chi connectivity index (χ3v) is 6.72. The van der Waals surface area contributed by atoms with E-state index in [4.69, 9.17) is 9.84 Å². The molecule has 4 rings (SSSR count). The van der Waals surface area contributed by atoms with E-state index in [1.54, 1.807) is 0 Å². The van der Waals surface area contributed by atoms with Crippen LogP contribution in [0.3, 0.4) is 0 Å². The lowest BCUT2D eigenvalue weighted by Crippen LogP contribution is -2.49. The van der Waals surface area contributed by atoms with E-state index in [-0.39, 0.29) is 24.7 Å². The molecule has 31 heavy (non-hydrogen) atoms. The quantitative estimate of drug-likeness (QED) is 0.671. The third kappa shape index (κ3) is 6.18. The normalized spacial score (nSPS) is 24.5. The van der Waals surface area contributed by atoms with Crippen molar-refractivity contribution in [3.63, 3.8) is 0 Å². The van der Waals surface area contributed by atoms with Gasteiger partial charge in [-0.15, -0.1) is 0 Å². The van der Waals surface area contributed by atoms with Crippen LogP contribution in [0.2, 0.25) is 0 Å². The van der Waals surface area contributed by atoms with Crippen molar-refractivity contribution in [3.05, 3.63) is 35.9 Å². The Morgan fingerprint density at radius 2 is 1.65 bits per heavy atom. The summed E-state index contributed by atoms with van der Waals surface area (Å²) < 4.78 is 5.70. The summed E-state index contributed by atoms with van der Waals surface area (Å²) in [5.74, 6) is -0.744. The zero-order valence-corrected chi connectivity index (χ0v) is 18.2. The van der Waals surface area contributed by atoms with E-state index in [1.807, 2.05) is 11.0 Å². The third-order valence-electron chi connectivity index (χ3n) is 6.72. The van der Waals surface area contributed by atoms with Crippen molar-refractivity contribution in [2.45, 2.75) is 38.0 Å². The average molecular weight is 431 g/mol. The molecule has 1 aromatic rings. The van der Waals surface area contributed by atoms with Gasteiger partial charge in [-0.3, -0.25) is 14.6 Å². The Kier molecular flexibility index (Phi) is 7.42. The average Bonchev–Trinajstić information content (AvgIpc) is 3.14. The highest BCUT2D eigenvalue weighted by atomic mass is 16.6. The van der Waals surface area contributed by atoms with E-state index in [0.29, 0.717) is 13.1 Å². The first-order valence-corrected chi connectivity index (χ1v) is 11.5. The monoisotopic (exact) mass is 430 g/mol. The smallest absolute Gasteiger partial charge is 0.410 e. The minimum atomic E-state index is -0.744. The van der Waals surface area contributed by atoms with Gasteiger partial charge < -0.3 is 19.6 Å². The molecule has 3 heterocycles. The SMILES string of the molecule is O=C(O)CCN1CCN(CC2CN(C3CCN(Cc4ccccc4)CC3)C(=O)O2)CC1. The molecule has 3 saturated heterocycles. The van der Waals surface area contributed by atoms with Crippen LogP contribution in [-0.2, 0) is 16.1 Å². The largest absolute Gasteiger partial charge is 0.481 e. The number of hydrogen-bond acceptors (Lipinski definition) is 6. The summed E-state index contributed by atoms with van der Waals surface area (Å²) in [6.07, 6.45) is 1.96. The Morgan fingerprint density at radius 3 is 2.32 bits per heavy atom. The predicted molar refractivity (Wildman–Crippen MR) is 117 cm³/mol. The summed E-state index contributed by atoms with van der Waals surface area (Å²) in [5.41, 5.74) is 1.34. The van der Waals surface area contributed by atoms with Crippen molar-refractivity contribution >= 4 is 12.1 Å². The molecule has 1 unspecified atom stereocenters. The van der Waals surface area contributed by atoms with Gasteiger partial charge >= 0.3 is 12.1 Å². The van der Waals surface area contributed by atoms with Crippen LogP contribution >= 0.6 is 0 Å². The number of piperazine rings is 1. The first-order chi connectivity index (χ1) is 15.1. The molecule has 1 amide bonds. The number of carbonyl (C=O) groups excluding carboxylic acids is 1. The highest BCUT2D eigenvalue weighted by Crippen LogP contribution is 2.24. The number of carboxylic acids is 1. The van der Waals surface area contributed by atoms with Gasteiger partial charge in [-0.1, -0.05) is 30.3 Å². The number of rotatable bonds is 8. The molecule has 3 aliphatic rings. The van der Waals surface area contributed by atoms with Gasteiger partial charge in [-0.2, -0.15) is 0 Å². The fourth-order valence-corrected chi connectivity index (χ4v) is 4.90. The fourth-order valence-electron chi connectivity index (χ4n) is 4.90. The number of cyclic esters (lactones) is 1. The Balaban J connectivity index is 1.18. The number of piperidine rings is 1. The summed E-state index contributed by atoms with van der Waals surface area (Å²) in [5, 5.41) is 8.83. The number of aliphatic carboxylic acids is 1. The van der Waals surface area contributed by atoms with Gasteiger partial charge in [0.1, 0.15) is 6.10 Å². The van der Waals surface area contributed by atoms with E-state index in [9.17, 15) is 9.59 Å². The summed E-state index contributed by atoms with van der Waals surface area (Å²) in [6.45, 7) is 8.57. The Morgan fingerprint density at radius 1 is 0.968 bits per heavy atom. The van der Waals surface area contributed by atoms with Gasteiger partial charge in [0.25, 0.3) is 0 Å². The topological polar surface area (TPSA) is 76.6 Å². The molecule has 0 spiro atoms. The standard InChI is InChI=1S/C23H34N4O4/c28-22(29)8-11-24-12-14-26(15-13-24)17-21-18-27(23(30)31-21)20-6-9-25(10-7-20)16-19-4-2-1-3-5-19/h1-5,20-21H,6-18H2,(H,28,29). The lowest BCUT2D eigenvalue weighted by atomic mass is 10.0. The molecule has 170 valence electrons. The van der Waals surface area contributed by atoms with Gasteiger partial charge in [-0.05, 0) is 18.4 Å². The maximum atomic E-state index is 12.5. The molecule has 0 radical (unpaired) electrons. The number of ether oxygens (including phenoxy) is 1. The number of hydrogen-bond donors (Lipinski definition) is 1. The van der Waals surface area contributed by atoms with Crippen molar-refractivity contribution in [2.75, 3.05) is 58.9 Å². The van der Waals surface area contributed by atoms with Gasteiger partial charge in [0, 0.05) is 64.9 Å². The van der Waals surface area contributed by atoms with Crippen molar-refractivity contribution in [1.29, 1.82) is 0 Å². The summed E-state index contributed by atoms with van der Waals surface area (Å²) >= 11 is 0. The van der Waals surface area contributed by atoms with Crippen molar-refractivity contribution in [2.24, 2.45) is 0 Å². The van der Waals surface area contributed by atoms with Crippen molar-refractivity contribution in [1.82, 2.24) is 19.6 Å². The first-order valence-electron chi connectivity index (χ1n) is 11.5. The van der Waals surface area contributed by atoms with Gasteiger partial charge in [0.05, 0.1) is 13.0 Å². The van der Waals surface area contributed by atoms with Crippen LogP contribution in [0.5, 0.6) is 0 Å². The van der Waals surface area contributed by atoms with Crippen molar-refractivity contribution in [3.8, 4) is 0 Å². The Hall–Kier alpha value is -2.16. The molecule has 1 aromatic carbocycles. The fraction of sp³-hybridized carbons (Fsp3) is 0.652. The number of likely N-dealkylation sites (tertiary alicyclic amines) is 1. The maximum absolute atomic E-state index is 12.5. The lowest BCUT2D eigenvalue weighted by molar-refractivity contribution is -0.137. The summed E-state index contributed by atoms with van der Waals surface area (Å²) in [7, 11) is 0. The minimum absolute atomic E-state index is 0.0691. The second-order valence-corrected chi connectivity index (χ2v) is 8.94. The Bertz CT molecular complexity index is 730. The number of benzene rings is 1. The molecular formula is C23H34N4O4. The van der Waals surface area contributed by atoms with Crippen LogP contribution in [0.25, 0.3) is 0 Å². The van der Waals surface area contributed by atoms with Crippen LogP contribution in [0.15, 0.2) is 30.3 Å². The number of amides is 1. The molecule has 3 aliphatic heterocycles. The molecule has 0 saturated carbocycles. The van der Waals surface area contributed by atoms with E-state index >= 15 is 0 Å². The van der Waals surface area contributed by atoms with Gasteiger partial charge in [-0.25, -0.2) is 4.79 Å². The van der Waals surface area contributed by atoms with E-state index in [1.165, 1.54) is 5.56 Å². The van der Waals surface area contributed by atoms with E-state index in [0.717, 1.165) is 65.2 Å². The predicted octanol–water partition coefficient (Wildman–Crippen LogP) is 1.56. The highest BCUT2D eigenvalue weighted by molar-refractivity contribution is 5.70. The molecule has 1 atom stereocenters. The number of carbonyl (C=O) groups is 2. The van der Waals surface area contributed by atoms with Gasteiger partial charge in [0.15, 0.2) is 0 Å². The molecule has 3 fully saturated rings. The molecule has 0 aliphatic carbocycles. The molecule has 0 bridgehead atoms. The van der Waals surface area contributed by atoms with E-state index < -0.39 is 5.97 Å². The summed E-state index contributed by atoms with van der Waals surface area (Å²) in [6, 6.07) is 10.8. The van der Waals surface area contributed by atoms with Crippen molar-refractivity contribution < 1.29 is 19.4 Å². The zero-order valence-electron chi connectivity index (χ0n) is 18.2. The zero-order chi connectivity index (χ0) is 21.6. The molecule has 8 heteroatoms. The number of carboxylic acid groups (broad SMARTS) is 1. The van der Waals surface area contributed by atoms with Gasteiger partial charge in [0.2, 0.25) is 0 Å². The minimum Gasteiger partial charge on any atom is -0.481 e. The second kappa shape index (κ2) is 10.4. The highest BCUT2D eigenvalue weighted by Gasteiger charge is 2.38. The molecule has 0 aromatic heterocycles. The Labute approximate surface area is 184 Å². The van der Waals surface area contributed by atoms with Crippen LogP contribution in [0.4, 0.5) is 4.79 Å². The maximum Gasteiger partial charge on any atom is 0.410 e. The van der Waals surface area contributed by atoms with Crippen LogP contribution in [0.1, 0.15) is 24.8 Å². The second-order valence-electron chi connectivity index (χ2n) is 8.94. The van der Waals surface area contributed by atoms with Crippen LogP contribution in [-0.4, -0.2) is 108 Å². The first kappa shape index (κ1) is 22.0. The lowest BCUT2D eigenvalue weighted by Gasteiger charge is -2.36. The number of nitrogens with zero attached hydrogens (tertiary/aromatic N) is 4. The molecule has 1 N–H and O–H groups in total. The van der Waals surface area contributed by atoms with E-state index in [2.05, 4.69) is 39.0 Å². The van der Waals surface area contributed by atoms with Crippen LogP contribution in [0, 0.1) is 0 Å². The summed E-state index contributed by atoms with van der Waals surface area (Å²) in [4.78, 5) is 32.2. The molecular weight excluding hydrogens is 396 g/mol. The molecule has 8 nitrogen and oxygen atoms in total. The van der Waals surface area contributed by atoms with Crippen LogP contribution < -0.4 is 0 Å².